The first-order chi connectivity index (χ1) is 9.52. The van der Waals surface area contributed by atoms with Crippen LogP contribution in [-0.4, -0.2) is 34.1 Å². The molecule has 5 nitrogen and oxygen atoms in total. The van der Waals surface area contributed by atoms with Gasteiger partial charge in [0.25, 0.3) is 0 Å². The molecule has 21 heavy (non-hydrogen) atoms. The van der Waals surface area contributed by atoms with E-state index in [1.165, 1.54) is 4.90 Å². The molecular formula is C15H21BrN2O3. The number of urea groups is 1. The van der Waals surface area contributed by atoms with E-state index in [2.05, 4.69) is 21.2 Å². The number of halogens is 1. The average Bonchev–Trinajstić information content (AvgIpc) is 2.28. The second-order valence-electron chi connectivity index (χ2n) is 6.00. The van der Waals surface area contributed by atoms with Crippen molar-refractivity contribution >= 4 is 33.6 Å². The summed E-state index contributed by atoms with van der Waals surface area (Å²) in [6, 6.07) is 3.39. The van der Waals surface area contributed by atoms with Crippen LogP contribution in [0.25, 0.3) is 0 Å². The van der Waals surface area contributed by atoms with E-state index < -0.39 is 17.5 Å². The molecule has 0 fully saturated rings. The van der Waals surface area contributed by atoms with Crippen molar-refractivity contribution < 1.29 is 14.7 Å². The molecule has 0 saturated heterocycles. The Morgan fingerprint density at radius 2 is 1.71 bits per heavy atom. The topological polar surface area (TPSA) is 69.6 Å². The van der Waals surface area contributed by atoms with Gasteiger partial charge in [-0.25, -0.2) is 4.79 Å². The van der Waals surface area contributed by atoms with E-state index in [0.717, 1.165) is 15.6 Å². The van der Waals surface area contributed by atoms with E-state index >= 15 is 0 Å². The number of aliphatic carboxylic acids is 1. The van der Waals surface area contributed by atoms with Crippen LogP contribution in [0.2, 0.25) is 0 Å². The summed E-state index contributed by atoms with van der Waals surface area (Å²) in [5.74, 6) is -1.04. The van der Waals surface area contributed by atoms with Crippen molar-refractivity contribution in [1.82, 2.24) is 4.90 Å². The maximum atomic E-state index is 12.4. The first kappa shape index (κ1) is 17.5. The van der Waals surface area contributed by atoms with Crippen LogP contribution in [-0.2, 0) is 4.79 Å². The van der Waals surface area contributed by atoms with Crippen molar-refractivity contribution in [3.8, 4) is 0 Å². The molecule has 0 atom stereocenters. The minimum atomic E-state index is -1.04. The molecule has 0 heterocycles. The summed E-state index contributed by atoms with van der Waals surface area (Å²) in [5.41, 5.74) is 1.96. The highest BCUT2D eigenvalue weighted by molar-refractivity contribution is 9.10. The minimum Gasteiger partial charge on any atom is -0.480 e. The maximum absolute atomic E-state index is 12.4. The Bertz CT molecular complexity index is 542. The normalized spacial score (nSPS) is 11.1. The quantitative estimate of drug-likeness (QED) is 0.865. The lowest BCUT2D eigenvalue weighted by atomic mass is 10.1. The van der Waals surface area contributed by atoms with Gasteiger partial charge >= 0.3 is 12.0 Å². The van der Waals surface area contributed by atoms with Crippen LogP contribution < -0.4 is 5.32 Å². The Morgan fingerprint density at radius 3 is 2.10 bits per heavy atom. The van der Waals surface area contributed by atoms with E-state index in [1.807, 2.05) is 26.0 Å². The molecule has 0 aliphatic rings. The molecule has 0 aliphatic heterocycles. The number of carboxylic acid groups (broad SMARTS) is 1. The number of amides is 2. The largest absolute Gasteiger partial charge is 0.480 e. The van der Waals surface area contributed by atoms with Crippen molar-refractivity contribution in [2.24, 2.45) is 0 Å². The summed E-state index contributed by atoms with van der Waals surface area (Å²) >= 11 is 3.41. The van der Waals surface area contributed by atoms with Gasteiger partial charge in [-0.05, 0) is 57.9 Å². The molecule has 0 spiro atoms. The van der Waals surface area contributed by atoms with E-state index in [1.54, 1.807) is 20.8 Å². The molecular weight excluding hydrogens is 336 g/mol. The first-order valence-electron chi connectivity index (χ1n) is 6.59. The molecule has 0 radical (unpaired) electrons. The number of aryl methyl sites for hydroxylation is 2. The molecule has 116 valence electrons. The van der Waals surface area contributed by atoms with E-state index in [0.29, 0.717) is 5.69 Å². The zero-order valence-corrected chi connectivity index (χ0v) is 14.5. The van der Waals surface area contributed by atoms with Gasteiger partial charge in [-0.1, -0.05) is 15.9 Å². The maximum Gasteiger partial charge on any atom is 0.323 e. The lowest BCUT2D eigenvalue weighted by Crippen LogP contribution is -2.50. The fourth-order valence-corrected chi connectivity index (χ4v) is 2.72. The zero-order chi connectivity index (χ0) is 16.4. The molecule has 1 aromatic rings. The number of anilines is 1. The standard InChI is InChI=1S/C15H21BrN2O3/c1-9-6-11(16)7-10(2)13(9)17-14(21)18(8-12(19)20)15(3,4)5/h6-7H,8H2,1-5H3,(H,17,21)(H,19,20). The van der Waals surface area contributed by atoms with Gasteiger partial charge in [0.15, 0.2) is 0 Å². The number of carbonyl (C=O) groups excluding carboxylic acids is 1. The molecule has 1 aromatic carbocycles. The van der Waals surface area contributed by atoms with Crippen LogP contribution in [0.5, 0.6) is 0 Å². The van der Waals surface area contributed by atoms with Gasteiger partial charge in [0.1, 0.15) is 6.54 Å². The van der Waals surface area contributed by atoms with Crippen LogP contribution >= 0.6 is 15.9 Å². The number of nitrogens with one attached hydrogen (secondary N) is 1. The van der Waals surface area contributed by atoms with Gasteiger partial charge in [-0.2, -0.15) is 0 Å². The minimum absolute atomic E-state index is 0.343. The zero-order valence-electron chi connectivity index (χ0n) is 13.0. The summed E-state index contributed by atoms with van der Waals surface area (Å²) < 4.78 is 0.939. The van der Waals surface area contributed by atoms with Crippen LogP contribution in [0.3, 0.4) is 0 Å². The number of hydrogen-bond donors (Lipinski definition) is 2. The van der Waals surface area contributed by atoms with Crippen molar-refractivity contribution in [2.45, 2.75) is 40.2 Å². The van der Waals surface area contributed by atoms with Crippen LogP contribution in [0.15, 0.2) is 16.6 Å². The third-order valence-corrected chi connectivity index (χ3v) is 3.54. The van der Waals surface area contributed by atoms with Crippen molar-refractivity contribution in [3.63, 3.8) is 0 Å². The van der Waals surface area contributed by atoms with Crippen LogP contribution in [0.1, 0.15) is 31.9 Å². The summed E-state index contributed by atoms with van der Waals surface area (Å²) in [4.78, 5) is 24.7. The lowest BCUT2D eigenvalue weighted by Gasteiger charge is -2.34. The van der Waals surface area contributed by atoms with E-state index in [-0.39, 0.29) is 6.54 Å². The van der Waals surface area contributed by atoms with Gasteiger partial charge < -0.3 is 15.3 Å². The Morgan fingerprint density at radius 1 is 1.24 bits per heavy atom. The predicted octanol–water partition coefficient (Wildman–Crippen LogP) is 3.78. The highest BCUT2D eigenvalue weighted by atomic mass is 79.9. The molecule has 0 aromatic heterocycles. The Balaban J connectivity index is 3.05. The number of nitrogens with zero attached hydrogens (tertiary/aromatic N) is 1. The van der Waals surface area contributed by atoms with Crippen LogP contribution in [0.4, 0.5) is 10.5 Å². The second kappa shape index (κ2) is 6.47. The molecule has 0 saturated carbocycles. The SMILES string of the molecule is Cc1cc(Br)cc(C)c1NC(=O)N(CC(=O)O)C(C)(C)C. The molecule has 6 heteroatoms. The third-order valence-electron chi connectivity index (χ3n) is 3.08. The molecule has 2 N–H and O–H groups in total. The summed E-state index contributed by atoms with van der Waals surface area (Å²) in [6.07, 6.45) is 0. The van der Waals surface area contributed by atoms with Crippen molar-refractivity contribution in [1.29, 1.82) is 0 Å². The number of hydrogen-bond acceptors (Lipinski definition) is 2. The van der Waals surface area contributed by atoms with Gasteiger partial charge in [-0.15, -0.1) is 0 Å². The van der Waals surface area contributed by atoms with Crippen LogP contribution in [0, 0.1) is 13.8 Å². The van der Waals surface area contributed by atoms with Crippen molar-refractivity contribution in [2.75, 3.05) is 11.9 Å². The average molecular weight is 357 g/mol. The summed E-state index contributed by atoms with van der Waals surface area (Å²) in [6.45, 7) is 8.85. The number of carboxylic acids is 1. The van der Waals surface area contributed by atoms with E-state index in [9.17, 15) is 9.59 Å². The Hall–Kier alpha value is -1.56. The van der Waals surface area contributed by atoms with Gasteiger partial charge in [0.05, 0.1) is 0 Å². The lowest BCUT2D eigenvalue weighted by molar-refractivity contribution is -0.138. The highest BCUT2D eigenvalue weighted by Crippen LogP contribution is 2.26. The Labute approximate surface area is 133 Å². The summed E-state index contributed by atoms with van der Waals surface area (Å²) in [7, 11) is 0. The smallest absolute Gasteiger partial charge is 0.323 e. The van der Waals surface area contributed by atoms with E-state index in [4.69, 9.17) is 5.11 Å². The second-order valence-corrected chi connectivity index (χ2v) is 6.91. The van der Waals surface area contributed by atoms with Gasteiger partial charge in [0.2, 0.25) is 0 Å². The fraction of sp³-hybridized carbons (Fsp3) is 0.467. The third kappa shape index (κ3) is 4.74. The Kier molecular flexibility index (Phi) is 5.39. The fourth-order valence-electron chi connectivity index (χ4n) is 2.03. The number of carbonyl (C=O) groups is 2. The van der Waals surface area contributed by atoms with Crippen molar-refractivity contribution in [3.05, 3.63) is 27.7 Å². The monoisotopic (exact) mass is 356 g/mol. The summed E-state index contributed by atoms with van der Waals surface area (Å²) in [5, 5.41) is 11.8. The molecule has 2 amide bonds. The predicted molar refractivity (Wildman–Crippen MR) is 86.7 cm³/mol. The molecule has 0 unspecified atom stereocenters. The highest BCUT2D eigenvalue weighted by Gasteiger charge is 2.29. The first-order valence-corrected chi connectivity index (χ1v) is 7.39. The molecule has 0 aliphatic carbocycles. The number of rotatable bonds is 3. The molecule has 1 rings (SSSR count). The number of benzene rings is 1. The van der Waals surface area contributed by atoms with Gasteiger partial charge in [0, 0.05) is 15.7 Å². The molecule has 0 bridgehead atoms. The van der Waals surface area contributed by atoms with Gasteiger partial charge in [-0.3, -0.25) is 4.79 Å².